The molecule has 0 spiro atoms. The first-order valence-electron chi connectivity index (χ1n) is 7.67. The zero-order valence-electron chi connectivity index (χ0n) is 12.9. The Kier molecular flexibility index (Phi) is 4.79. The Balaban J connectivity index is 1.78. The van der Waals surface area contributed by atoms with Crippen LogP contribution in [0.5, 0.6) is 0 Å². The van der Waals surface area contributed by atoms with Crippen LogP contribution in [0.4, 0.5) is 11.4 Å². The Bertz CT molecular complexity index is 733. The smallest absolute Gasteiger partial charge is 0.246 e. The molecule has 2 aromatic rings. The number of amides is 1. The molecule has 3 rings (SSSR count). The van der Waals surface area contributed by atoms with Gasteiger partial charge in [0.1, 0.15) is 6.04 Å². The Morgan fingerprint density at radius 2 is 2.00 bits per heavy atom. The first kappa shape index (κ1) is 16.2. The third-order valence-electron chi connectivity index (χ3n) is 4.18. The van der Waals surface area contributed by atoms with Crippen molar-refractivity contribution < 1.29 is 4.79 Å². The maximum Gasteiger partial charge on any atom is 0.246 e. The normalized spacial score (nSPS) is 15.0. The third kappa shape index (κ3) is 3.46. The molecule has 1 aliphatic heterocycles. The van der Waals surface area contributed by atoms with Gasteiger partial charge in [-0.25, -0.2) is 0 Å². The second-order valence-corrected chi connectivity index (χ2v) is 6.56. The largest absolute Gasteiger partial charge is 0.360 e. The zero-order chi connectivity index (χ0) is 16.4. The Labute approximate surface area is 146 Å². The number of halogens is 2. The number of fused-ring (bicyclic) bond motifs is 1. The Morgan fingerprint density at radius 3 is 2.78 bits per heavy atom. The van der Waals surface area contributed by atoms with E-state index in [0.29, 0.717) is 15.7 Å². The molecule has 2 aromatic carbocycles. The predicted octanol–water partition coefficient (Wildman–Crippen LogP) is 4.77. The van der Waals surface area contributed by atoms with E-state index in [1.165, 1.54) is 5.56 Å². The summed E-state index contributed by atoms with van der Waals surface area (Å²) in [6.07, 6.45) is 2.11. The van der Waals surface area contributed by atoms with Gasteiger partial charge in [0, 0.05) is 17.3 Å². The number of rotatable bonds is 3. The van der Waals surface area contributed by atoms with Crippen molar-refractivity contribution in [3.05, 3.63) is 58.1 Å². The lowest BCUT2D eigenvalue weighted by atomic mass is 10.00. The zero-order valence-corrected chi connectivity index (χ0v) is 14.4. The van der Waals surface area contributed by atoms with Gasteiger partial charge in [0.05, 0.1) is 10.7 Å². The van der Waals surface area contributed by atoms with E-state index in [4.69, 9.17) is 23.2 Å². The fraction of sp³-hybridized carbons (Fsp3) is 0.278. The van der Waals surface area contributed by atoms with E-state index in [9.17, 15) is 4.79 Å². The van der Waals surface area contributed by atoms with Gasteiger partial charge in [0.15, 0.2) is 0 Å². The molecule has 1 amide bonds. The van der Waals surface area contributed by atoms with Crippen molar-refractivity contribution in [2.75, 3.05) is 16.8 Å². The molecule has 0 bridgehead atoms. The average molecular weight is 349 g/mol. The van der Waals surface area contributed by atoms with E-state index < -0.39 is 0 Å². The van der Waals surface area contributed by atoms with Crippen LogP contribution in [0.1, 0.15) is 18.9 Å². The molecule has 0 saturated heterocycles. The van der Waals surface area contributed by atoms with Crippen LogP contribution < -0.4 is 10.2 Å². The molecule has 0 aromatic heterocycles. The maximum absolute atomic E-state index is 12.6. The lowest BCUT2D eigenvalue weighted by molar-refractivity contribution is -0.117. The summed E-state index contributed by atoms with van der Waals surface area (Å²) in [5.41, 5.74) is 3.02. The van der Waals surface area contributed by atoms with Gasteiger partial charge in [-0.3, -0.25) is 4.79 Å². The van der Waals surface area contributed by atoms with Crippen LogP contribution in [0.2, 0.25) is 10.0 Å². The van der Waals surface area contributed by atoms with Crippen molar-refractivity contribution in [1.82, 2.24) is 0 Å². The van der Waals surface area contributed by atoms with Crippen LogP contribution in [0.3, 0.4) is 0 Å². The molecule has 3 nitrogen and oxygen atoms in total. The lowest BCUT2D eigenvalue weighted by Crippen LogP contribution is -2.44. The molecule has 1 N–H and O–H groups in total. The van der Waals surface area contributed by atoms with Crippen molar-refractivity contribution in [3.8, 4) is 0 Å². The summed E-state index contributed by atoms with van der Waals surface area (Å²) in [5.74, 6) is -0.0778. The van der Waals surface area contributed by atoms with Crippen LogP contribution >= 0.6 is 23.2 Å². The van der Waals surface area contributed by atoms with Crippen molar-refractivity contribution >= 4 is 40.5 Å². The van der Waals surface area contributed by atoms with Crippen molar-refractivity contribution in [2.24, 2.45) is 0 Å². The van der Waals surface area contributed by atoms with Gasteiger partial charge in [0.2, 0.25) is 5.91 Å². The minimum Gasteiger partial charge on any atom is -0.360 e. The molecule has 23 heavy (non-hydrogen) atoms. The van der Waals surface area contributed by atoms with Crippen LogP contribution in [-0.2, 0) is 11.2 Å². The highest BCUT2D eigenvalue weighted by molar-refractivity contribution is 6.36. The average Bonchev–Trinajstić information content (AvgIpc) is 2.56. The predicted molar refractivity (Wildman–Crippen MR) is 96.7 cm³/mol. The van der Waals surface area contributed by atoms with E-state index in [-0.39, 0.29) is 11.9 Å². The molecule has 0 saturated carbocycles. The highest BCUT2D eigenvalue weighted by Crippen LogP contribution is 2.30. The number of nitrogens with one attached hydrogen (secondary N) is 1. The van der Waals surface area contributed by atoms with Gasteiger partial charge in [-0.15, -0.1) is 0 Å². The van der Waals surface area contributed by atoms with Crippen LogP contribution in [-0.4, -0.2) is 18.5 Å². The fourth-order valence-corrected chi connectivity index (χ4v) is 3.39. The fourth-order valence-electron chi connectivity index (χ4n) is 2.93. The molecule has 1 heterocycles. The van der Waals surface area contributed by atoms with Gasteiger partial charge in [-0.1, -0.05) is 41.4 Å². The maximum atomic E-state index is 12.6. The van der Waals surface area contributed by atoms with Gasteiger partial charge in [0.25, 0.3) is 0 Å². The van der Waals surface area contributed by atoms with Gasteiger partial charge in [-0.05, 0) is 49.6 Å². The second-order valence-electron chi connectivity index (χ2n) is 5.72. The summed E-state index contributed by atoms with van der Waals surface area (Å²) in [7, 11) is 0. The van der Waals surface area contributed by atoms with Crippen LogP contribution in [0, 0.1) is 0 Å². The van der Waals surface area contributed by atoms with E-state index in [1.54, 1.807) is 18.2 Å². The Morgan fingerprint density at radius 1 is 1.22 bits per heavy atom. The minimum atomic E-state index is -0.275. The molecular weight excluding hydrogens is 331 g/mol. The molecule has 1 aliphatic rings. The third-order valence-corrected chi connectivity index (χ3v) is 4.73. The number of hydrogen-bond acceptors (Lipinski definition) is 2. The van der Waals surface area contributed by atoms with E-state index >= 15 is 0 Å². The summed E-state index contributed by atoms with van der Waals surface area (Å²) in [6, 6.07) is 13.0. The van der Waals surface area contributed by atoms with Gasteiger partial charge < -0.3 is 10.2 Å². The first-order valence-corrected chi connectivity index (χ1v) is 8.42. The molecule has 0 radical (unpaired) electrons. The van der Waals surface area contributed by atoms with E-state index in [0.717, 1.165) is 25.1 Å². The number of carbonyl (C=O) groups excluding carboxylic acids is 1. The highest BCUT2D eigenvalue weighted by atomic mass is 35.5. The quantitative estimate of drug-likeness (QED) is 0.865. The number of benzene rings is 2. The van der Waals surface area contributed by atoms with E-state index in [2.05, 4.69) is 22.3 Å². The summed E-state index contributed by atoms with van der Waals surface area (Å²) in [4.78, 5) is 14.8. The molecule has 0 unspecified atom stereocenters. The standard InChI is InChI=1S/C18H18Cl2N2O/c1-12(18(23)21-16-9-8-14(19)11-15(16)20)22-10-4-6-13-5-2-3-7-17(13)22/h2-3,5,7-9,11-12H,4,6,10H2,1H3,(H,21,23)/t12-/m1/s1. The molecule has 0 fully saturated rings. The molecule has 1 atom stereocenters. The van der Waals surface area contributed by atoms with Gasteiger partial charge in [-0.2, -0.15) is 0 Å². The van der Waals surface area contributed by atoms with Crippen LogP contribution in [0.15, 0.2) is 42.5 Å². The van der Waals surface area contributed by atoms with Gasteiger partial charge >= 0.3 is 0 Å². The number of para-hydroxylation sites is 1. The minimum absolute atomic E-state index is 0.0778. The summed E-state index contributed by atoms with van der Waals surface area (Å²) in [5, 5.41) is 3.88. The topological polar surface area (TPSA) is 32.3 Å². The Hall–Kier alpha value is -1.71. The summed E-state index contributed by atoms with van der Waals surface area (Å²) in [6.45, 7) is 2.79. The second kappa shape index (κ2) is 6.81. The SMILES string of the molecule is C[C@H](C(=O)Nc1ccc(Cl)cc1Cl)N1CCCc2ccccc21. The van der Waals surface area contributed by atoms with Crippen molar-refractivity contribution in [2.45, 2.75) is 25.8 Å². The highest BCUT2D eigenvalue weighted by Gasteiger charge is 2.26. The van der Waals surface area contributed by atoms with Crippen LogP contribution in [0.25, 0.3) is 0 Å². The van der Waals surface area contributed by atoms with Crippen molar-refractivity contribution in [3.63, 3.8) is 0 Å². The number of hydrogen-bond donors (Lipinski definition) is 1. The first-order chi connectivity index (χ1) is 11.1. The molecular formula is C18H18Cl2N2O. The molecule has 0 aliphatic carbocycles. The summed E-state index contributed by atoms with van der Waals surface area (Å²) >= 11 is 12.0. The van der Waals surface area contributed by atoms with E-state index in [1.807, 2.05) is 19.1 Å². The monoisotopic (exact) mass is 348 g/mol. The summed E-state index contributed by atoms with van der Waals surface area (Å²) < 4.78 is 0. The number of carbonyl (C=O) groups is 1. The molecule has 120 valence electrons. The number of nitrogens with zero attached hydrogens (tertiary/aromatic N) is 1. The van der Waals surface area contributed by atoms with Crippen molar-refractivity contribution in [1.29, 1.82) is 0 Å². The lowest BCUT2D eigenvalue weighted by Gasteiger charge is -2.35. The number of anilines is 2. The number of aryl methyl sites for hydroxylation is 1. The molecule has 5 heteroatoms.